The molecule has 6 N–H and O–H groups in total. The fourth-order valence-electron chi connectivity index (χ4n) is 0.534. The van der Waals surface area contributed by atoms with Gasteiger partial charge in [-0.05, 0) is 6.92 Å². The Labute approximate surface area is 77.0 Å². The van der Waals surface area contributed by atoms with E-state index in [4.69, 9.17) is 0 Å². The summed E-state index contributed by atoms with van der Waals surface area (Å²) in [6, 6.07) is 9.41. The summed E-state index contributed by atoms with van der Waals surface area (Å²) >= 11 is 0. The van der Waals surface area contributed by atoms with Crippen LogP contribution in [0.2, 0.25) is 0 Å². The van der Waals surface area contributed by atoms with Crippen LogP contribution in [0.1, 0.15) is 5.56 Å². The van der Waals surface area contributed by atoms with E-state index in [0.29, 0.717) is 5.12 Å². The van der Waals surface area contributed by atoms with E-state index in [9.17, 15) is 4.79 Å². The quantitative estimate of drug-likeness (QED) is 0.301. The number of carbonyl (C=O) groups excluding carboxylic acids is 1. The van der Waals surface area contributed by atoms with E-state index in [1.807, 2.05) is 18.2 Å². The molecule has 0 fully saturated rings. The van der Waals surface area contributed by atoms with Crippen LogP contribution in [-0.4, -0.2) is 11.1 Å². The van der Waals surface area contributed by atoms with Crippen LogP contribution in [0.5, 0.6) is 0 Å². The number of rotatable bonds is 0. The first-order chi connectivity index (χ1) is 6.04. The van der Waals surface area contributed by atoms with Crippen LogP contribution in [0, 0.1) is 6.92 Å². The predicted octanol–water partition coefficient (Wildman–Crippen LogP) is 0.110. The van der Waals surface area contributed by atoms with E-state index in [1.54, 1.807) is 0 Å². The van der Waals surface area contributed by atoms with Crippen LogP contribution in [-0.2, 0) is 0 Å². The Kier molecular flexibility index (Phi) is 5.25. The van der Waals surface area contributed by atoms with Gasteiger partial charge < -0.3 is 5.73 Å². The lowest BCUT2D eigenvalue weighted by Crippen LogP contribution is -2.46. The molecule has 1 aromatic carbocycles. The molecule has 0 aromatic heterocycles. The van der Waals surface area contributed by atoms with Crippen molar-refractivity contribution in [2.24, 2.45) is 17.4 Å². The average Bonchev–Trinajstić information content (AvgIpc) is 2.06. The van der Waals surface area contributed by atoms with Gasteiger partial charge in [-0.15, -0.1) is 0 Å². The number of carbonyl (C=O) groups is 1. The molecular formula is C8H14N4O. The van der Waals surface area contributed by atoms with Gasteiger partial charge in [0.25, 0.3) is 0 Å². The van der Waals surface area contributed by atoms with Crippen LogP contribution in [0.15, 0.2) is 30.3 Å². The van der Waals surface area contributed by atoms with E-state index in [1.165, 1.54) is 5.56 Å². The lowest BCUT2D eigenvalue weighted by molar-refractivity contribution is 0.210. The number of benzene rings is 1. The van der Waals surface area contributed by atoms with Gasteiger partial charge in [-0.25, -0.2) is 16.5 Å². The molecule has 72 valence electrons. The minimum atomic E-state index is -0.852. The van der Waals surface area contributed by atoms with Gasteiger partial charge in [0.15, 0.2) is 0 Å². The van der Waals surface area contributed by atoms with Crippen molar-refractivity contribution >= 4 is 6.03 Å². The second-order valence-electron chi connectivity index (χ2n) is 2.40. The van der Waals surface area contributed by atoms with Crippen molar-refractivity contribution in [1.82, 2.24) is 5.12 Å². The molecule has 0 aliphatic heterocycles. The van der Waals surface area contributed by atoms with Crippen molar-refractivity contribution in [2.45, 2.75) is 6.92 Å². The maximum atomic E-state index is 9.60. The van der Waals surface area contributed by atoms with Crippen molar-refractivity contribution in [2.75, 3.05) is 0 Å². The molecule has 5 nitrogen and oxygen atoms in total. The lowest BCUT2D eigenvalue weighted by Gasteiger charge is -2.00. The third-order valence-corrected chi connectivity index (χ3v) is 1.19. The number of hydrazine groups is 2. The fourth-order valence-corrected chi connectivity index (χ4v) is 0.534. The Balaban J connectivity index is 0.000000226. The van der Waals surface area contributed by atoms with Crippen molar-refractivity contribution in [3.8, 4) is 0 Å². The second kappa shape index (κ2) is 5.99. The highest BCUT2D eigenvalue weighted by atomic mass is 16.2. The average molecular weight is 182 g/mol. The van der Waals surface area contributed by atoms with Crippen molar-refractivity contribution in [1.29, 1.82) is 0 Å². The predicted molar refractivity (Wildman–Crippen MR) is 51.0 cm³/mol. The summed E-state index contributed by atoms with van der Waals surface area (Å²) < 4.78 is 0. The van der Waals surface area contributed by atoms with Crippen LogP contribution in [0.3, 0.4) is 0 Å². The zero-order valence-electron chi connectivity index (χ0n) is 7.47. The Morgan fingerprint density at radius 2 is 1.62 bits per heavy atom. The number of primary amides is 1. The first kappa shape index (κ1) is 11.4. The molecule has 0 saturated carbocycles. The summed E-state index contributed by atoms with van der Waals surface area (Å²) in [5.41, 5.74) is 5.79. The van der Waals surface area contributed by atoms with E-state index < -0.39 is 6.03 Å². The Morgan fingerprint density at radius 1 is 1.23 bits per heavy atom. The number of hydrogen-bond acceptors (Lipinski definition) is 3. The summed E-state index contributed by atoms with van der Waals surface area (Å²) in [5, 5.41) is 0.306. The van der Waals surface area contributed by atoms with Gasteiger partial charge in [-0.2, -0.15) is 5.12 Å². The standard InChI is InChI=1S/C7H8.CH6N4O/c1-7-5-3-2-4-6-7;2-1(6)5(3)4/h2-6H,1H3;3-4H2,(H2,2,6). The third-order valence-electron chi connectivity index (χ3n) is 1.19. The Morgan fingerprint density at radius 3 is 1.77 bits per heavy atom. The molecule has 0 aliphatic carbocycles. The van der Waals surface area contributed by atoms with Crippen LogP contribution >= 0.6 is 0 Å². The summed E-state index contributed by atoms with van der Waals surface area (Å²) in [7, 11) is 0. The highest BCUT2D eigenvalue weighted by Crippen LogP contribution is 1.92. The van der Waals surface area contributed by atoms with Gasteiger partial charge in [0.2, 0.25) is 0 Å². The molecule has 0 unspecified atom stereocenters. The SMILES string of the molecule is Cc1ccccc1.NC(=O)N(N)N. The molecule has 2 amide bonds. The molecule has 0 bridgehead atoms. The maximum Gasteiger partial charge on any atom is 0.343 e. The zero-order valence-corrected chi connectivity index (χ0v) is 7.47. The van der Waals surface area contributed by atoms with Gasteiger partial charge in [0.05, 0.1) is 0 Å². The Bertz CT molecular complexity index is 248. The van der Waals surface area contributed by atoms with E-state index >= 15 is 0 Å². The van der Waals surface area contributed by atoms with Gasteiger partial charge in [0, 0.05) is 0 Å². The molecule has 0 heterocycles. The number of nitrogens with zero attached hydrogens (tertiary/aromatic N) is 1. The molecule has 0 spiro atoms. The molecule has 5 heteroatoms. The van der Waals surface area contributed by atoms with Crippen LogP contribution < -0.4 is 17.4 Å². The normalized spacial score (nSPS) is 8.23. The second-order valence-corrected chi connectivity index (χ2v) is 2.40. The summed E-state index contributed by atoms with van der Waals surface area (Å²) in [4.78, 5) is 9.60. The molecule has 1 rings (SSSR count). The van der Waals surface area contributed by atoms with Gasteiger partial charge in [0.1, 0.15) is 0 Å². The monoisotopic (exact) mass is 182 g/mol. The Hall–Kier alpha value is -1.59. The molecule has 0 radical (unpaired) electrons. The van der Waals surface area contributed by atoms with Crippen molar-refractivity contribution in [3.63, 3.8) is 0 Å². The molecule has 0 aliphatic rings. The molecule has 1 aromatic rings. The highest BCUT2D eigenvalue weighted by molar-refractivity contribution is 5.70. The van der Waals surface area contributed by atoms with Crippen LogP contribution in [0.4, 0.5) is 4.79 Å². The van der Waals surface area contributed by atoms with Gasteiger partial charge in [-0.3, -0.25) is 0 Å². The smallest absolute Gasteiger partial charge is 0.343 e. The highest BCUT2D eigenvalue weighted by Gasteiger charge is 1.90. The summed E-state index contributed by atoms with van der Waals surface area (Å²) in [5.74, 6) is 9.14. The van der Waals surface area contributed by atoms with Crippen molar-refractivity contribution < 1.29 is 4.79 Å². The van der Waals surface area contributed by atoms with Gasteiger partial charge >= 0.3 is 6.03 Å². The van der Waals surface area contributed by atoms with E-state index in [2.05, 4.69) is 36.5 Å². The number of nitrogens with two attached hydrogens (primary N) is 3. The number of amides is 2. The fraction of sp³-hybridized carbons (Fsp3) is 0.125. The number of urea groups is 1. The first-order valence-corrected chi connectivity index (χ1v) is 3.64. The topological polar surface area (TPSA) is 98.4 Å². The largest absolute Gasteiger partial charge is 0.349 e. The maximum absolute atomic E-state index is 9.60. The van der Waals surface area contributed by atoms with Crippen molar-refractivity contribution in [3.05, 3.63) is 35.9 Å². The molecular weight excluding hydrogens is 168 g/mol. The number of hydrogen-bond donors (Lipinski definition) is 3. The summed E-state index contributed by atoms with van der Waals surface area (Å²) in [6.45, 7) is 2.08. The summed E-state index contributed by atoms with van der Waals surface area (Å²) in [6.07, 6.45) is 0. The van der Waals surface area contributed by atoms with E-state index in [-0.39, 0.29) is 0 Å². The third kappa shape index (κ3) is 6.79. The lowest BCUT2D eigenvalue weighted by atomic mass is 10.2. The molecule has 0 saturated heterocycles. The zero-order chi connectivity index (χ0) is 10.3. The van der Waals surface area contributed by atoms with Crippen LogP contribution in [0.25, 0.3) is 0 Å². The first-order valence-electron chi connectivity index (χ1n) is 3.64. The number of aryl methyl sites for hydroxylation is 1. The molecule has 13 heavy (non-hydrogen) atoms. The van der Waals surface area contributed by atoms with E-state index in [0.717, 1.165) is 0 Å². The minimum Gasteiger partial charge on any atom is -0.349 e. The molecule has 0 atom stereocenters. The van der Waals surface area contributed by atoms with Gasteiger partial charge in [-0.1, -0.05) is 35.9 Å². The minimum absolute atomic E-state index is 0.306.